The molecule has 1 atom stereocenters. The zero-order valence-corrected chi connectivity index (χ0v) is 12.6. The molecule has 0 aliphatic rings. The monoisotopic (exact) mass is 322 g/mol. The number of aromatic carboxylic acids is 2. The zero-order chi connectivity index (χ0) is 17.6. The summed E-state index contributed by atoms with van der Waals surface area (Å²) in [5.74, 6) is -4.01. The predicted octanol–water partition coefficient (Wildman–Crippen LogP) is 1.67. The van der Waals surface area contributed by atoms with Crippen molar-refractivity contribution in [3.05, 3.63) is 47.0 Å². The largest absolute Gasteiger partial charge is 0.478 e. The molecule has 1 unspecified atom stereocenters. The van der Waals surface area contributed by atoms with Gasteiger partial charge in [-0.3, -0.25) is 0 Å². The lowest BCUT2D eigenvalue weighted by atomic mass is 9.89. The quantitative estimate of drug-likeness (QED) is 0.491. The number of benzene rings is 1. The summed E-state index contributed by atoms with van der Waals surface area (Å²) in [5.41, 5.74) is -0.311. The first-order valence-corrected chi connectivity index (χ1v) is 6.82. The van der Waals surface area contributed by atoms with E-state index < -0.39 is 30.4 Å². The van der Waals surface area contributed by atoms with E-state index in [4.69, 9.17) is 9.84 Å². The van der Waals surface area contributed by atoms with E-state index in [1.54, 1.807) is 0 Å². The second-order valence-electron chi connectivity index (χ2n) is 4.96. The van der Waals surface area contributed by atoms with Crippen LogP contribution in [0.3, 0.4) is 0 Å². The average Bonchev–Trinajstić information content (AvgIpc) is 2.50. The summed E-state index contributed by atoms with van der Waals surface area (Å²) >= 11 is 0. The first-order chi connectivity index (χ1) is 10.8. The maximum atomic E-state index is 11.4. The van der Waals surface area contributed by atoms with Gasteiger partial charge in [0.1, 0.15) is 0 Å². The van der Waals surface area contributed by atoms with Gasteiger partial charge in [-0.25, -0.2) is 14.4 Å². The third kappa shape index (κ3) is 4.65. The molecule has 0 spiro atoms. The van der Waals surface area contributed by atoms with E-state index >= 15 is 0 Å². The highest BCUT2D eigenvalue weighted by Gasteiger charge is 2.24. The minimum absolute atomic E-state index is 0.0483. The summed E-state index contributed by atoms with van der Waals surface area (Å²) in [4.78, 5) is 33.9. The van der Waals surface area contributed by atoms with Crippen LogP contribution in [-0.4, -0.2) is 46.4 Å². The minimum atomic E-state index is -1.39. The molecule has 0 saturated carbocycles. The number of ether oxygens (including phenoxy) is 1. The maximum Gasteiger partial charge on any atom is 0.336 e. The van der Waals surface area contributed by atoms with Crippen molar-refractivity contribution < 1.29 is 34.4 Å². The molecule has 0 bridgehead atoms. The van der Waals surface area contributed by atoms with Crippen LogP contribution in [0, 0.1) is 0 Å². The standard InChI is InChI=1S/C16H18O7/c1-9(2)16(22)23-7-6-10(8-17)11-4-3-5-12(14(18)19)13(11)15(20)21/h3-5,10,17H,1,6-8H2,2H3,(H,18,19)(H,20,21). The molecule has 7 nitrogen and oxygen atoms in total. The van der Waals surface area contributed by atoms with Crippen molar-refractivity contribution in [2.24, 2.45) is 0 Å². The highest BCUT2D eigenvalue weighted by Crippen LogP contribution is 2.26. The lowest BCUT2D eigenvalue weighted by Crippen LogP contribution is -2.17. The molecular weight excluding hydrogens is 304 g/mol. The van der Waals surface area contributed by atoms with E-state index in [9.17, 15) is 24.6 Å². The molecule has 0 fully saturated rings. The van der Waals surface area contributed by atoms with Gasteiger partial charge in [-0.2, -0.15) is 0 Å². The van der Waals surface area contributed by atoms with Crippen LogP contribution in [0.2, 0.25) is 0 Å². The molecule has 0 aliphatic carbocycles. The van der Waals surface area contributed by atoms with Crippen LogP contribution in [0.1, 0.15) is 45.5 Å². The lowest BCUT2D eigenvalue weighted by molar-refractivity contribution is -0.139. The Bertz CT molecular complexity index is 633. The van der Waals surface area contributed by atoms with Crippen LogP contribution in [-0.2, 0) is 9.53 Å². The van der Waals surface area contributed by atoms with Crippen LogP contribution < -0.4 is 0 Å². The molecule has 0 heterocycles. The van der Waals surface area contributed by atoms with Crippen LogP contribution in [0.5, 0.6) is 0 Å². The molecule has 0 amide bonds. The summed E-state index contributed by atoms with van der Waals surface area (Å²) in [5, 5.41) is 27.9. The second kappa shape index (κ2) is 8.09. The Morgan fingerprint density at radius 2 is 1.87 bits per heavy atom. The van der Waals surface area contributed by atoms with E-state index in [0.29, 0.717) is 0 Å². The maximum absolute atomic E-state index is 11.4. The predicted molar refractivity (Wildman–Crippen MR) is 80.6 cm³/mol. The van der Waals surface area contributed by atoms with Crippen molar-refractivity contribution in [2.45, 2.75) is 19.3 Å². The van der Waals surface area contributed by atoms with Gasteiger partial charge in [-0.05, 0) is 25.0 Å². The highest BCUT2D eigenvalue weighted by molar-refractivity contribution is 6.02. The number of rotatable bonds is 8. The van der Waals surface area contributed by atoms with Gasteiger partial charge >= 0.3 is 17.9 Å². The molecule has 0 radical (unpaired) electrons. The van der Waals surface area contributed by atoms with Crippen molar-refractivity contribution in [1.29, 1.82) is 0 Å². The topological polar surface area (TPSA) is 121 Å². The van der Waals surface area contributed by atoms with Crippen molar-refractivity contribution in [3.63, 3.8) is 0 Å². The fourth-order valence-corrected chi connectivity index (χ4v) is 2.09. The number of carboxylic acids is 2. The van der Waals surface area contributed by atoms with Crippen LogP contribution >= 0.6 is 0 Å². The van der Waals surface area contributed by atoms with E-state index in [0.717, 1.165) is 0 Å². The minimum Gasteiger partial charge on any atom is -0.478 e. The molecule has 0 saturated heterocycles. The summed E-state index contributed by atoms with van der Waals surface area (Å²) < 4.78 is 4.92. The van der Waals surface area contributed by atoms with E-state index in [2.05, 4.69) is 6.58 Å². The average molecular weight is 322 g/mol. The summed E-state index contributed by atoms with van der Waals surface area (Å²) in [6.07, 6.45) is 0.152. The number of aliphatic hydroxyl groups excluding tert-OH is 1. The Balaban J connectivity index is 3.04. The van der Waals surface area contributed by atoms with E-state index in [-0.39, 0.29) is 35.3 Å². The third-order valence-corrected chi connectivity index (χ3v) is 3.25. The van der Waals surface area contributed by atoms with Crippen molar-refractivity contribution in [2.75, 3.05) is 13.2 Å². The summed E-state index contributed by atoms with van der Waals surface area (Å²) in [6, 6.07) is 4.04. The van der Waals surface area contributed by atoms with Gasteiger partial charge in [0.25, 0.3) is 0 Å². The van der Waals surface area contributed by atoms with Gasteiger partial charge in [-0.15, -0.1) is 0 Å². The number of carbonyl (C=O) groups excluding carboxylic acids is 1. The van der Waals surface area contributed by atoms with E-state index in [1.165, 1.54) is 25.1 Å². The van der Waals surface area contributed by atoms with E-state index in [1.807, 2.05) is 0 Å². The van der Waals surface area contributed by atoms with Crippen LogP contribution in [0.4, 0.5) is 0 Å². The first-order valence-electron chi connectivity index (χ1n) is 6.82. The number of hydrogen-bond donors (Lipinski definition) is 3. The highest BCUT2D eigenvalue weighted by atomic mass is 16.5. The molecule has 1 rings (SSSR count). The molecule has 3 N–H and O–H groups in total. The third-order valence-electron chi connectivity index (χ3n) is 3.25. The number of esters is 1. The van der Waals surface area contributed by atoms with Crippen molar-refractivity contribution in [1.82, 2.24) is 0 Å². The van der Waals surface area contributed by atoms with Gasteiger partial charge < -0.3 is 20.1 Å². The van der Waals surface area contributed by atoms with Crippen molar-refractivity contribution in [3.8, 4) is 0 Å². The van der Waals surface area contributed by atoms with Gasteiger partial charge in [-0.1, -0.05) is 18.7 Å². The van der Waals surface area contributed by atoms with Gasteiger partial charge in [0.2, 0.25) is 0 Å². The molecule has 23 heavy (non-hydrogen) atoms. The lowest BCUT2D eigenvalue weighted by Gasteiger charge is -2.18. The number of hydrogen-bond acceptors (Lipinski definition) is 5. The Hall–Kier alpha value is -2.67. The Morgan fingerprint density at radius 3 is 2.35 bits per heavy atom. The van der Waals surface area contributed by atoms with Gasteiger partial charge in [0, 0.05) is 11.5 Å². The fourth-order valence-electron chi connectivity index (χ4n) is 2.09. The van der Waals surface area contributed by atoms with Gasteiger partial charge in [0.15, 0.2) is 0 Å². The summed E-state index contributed by atoms with van der Waals surface area (Å²) in [7, 11) is 0. The van der Waals surface area contributed by atoms with Gasteiger partial charge in [0.05, 0.1) is 24.3 Å². The number of aliphatic hydroxyl groups is 1. The zero-order valence-electron chi connectivity index (χ0n) is 12.6. The van der Waals surface area contributed by atoms with Crippen LogP contribution in [0.15, 0.2) is 30.4 Å². The SMILES string of the molecule is C=C(C)C(=O)OCCC(CO)c1cccc(C(=O)O)c1C(=O)O. The van der Waals surface area contributed by atoms with Crippen LogP contribution in [0.25, 0.3) is 0 Å². The van der Waals surface area contributed by atoms with Crippen molar-refractivity contribution >= 4 is 17.9 Å². The Kier molecular flexibility index (Phi) is 6.47. The first kappa shape index (κ1) is 18.4. The Labute approximate surface area is 132 Å². The normalized spacial score (nSPS) is 11.6. The molecule has 1 aromatic rings. The summed E-state index contributed by atoms with van der Waals surface area (Å²) in [6.45, 7) is 4.47. The molecule has 0 aliphatic heterocycles. The Morgan fingerprint density at radius 1 is 1.22 bits per heavy atom. The molecule has 124 valence electrons. The second-order valence-corrected chi connectivity index (χ2v) is 4.96. The molecule has 7 heteroatoms. The molecule has 1 aromatic carbocycles. The number of carboxylic acid groups (broad SMARTS) is 2. The smallest absolute Gasteiger partial charge is 0.336 e. The molecular formula is C16H18O7. The number of carbonyl (C=O) groups is 3. The molecule has 0 aromatic heterocycles. The fraction of sp³-hybridized carbons (Fsp3) is 0.312.